The summed E-state index contributed by atoms with van der Waals surface area (Å²) in [6, 6.07) is 6.11. The fourth-order valence-electron chi connectivity index (χ4n) is 2.82. The first-order valence-corrected chi connectivity index (χ1v) is 8.17. The van der Waals surface area contributed by atoms with Crippen LogP contribution in [-0.4, -0.2) is 36.0 Å². The maximum atomic E-state index is 12.9. The van der Waals surface area contributed by atoms with Gasteiger partial charge >= 0.3 is 0 Å². The number of halogens is 1. The summed E-state index contributed by atoms with van der Waals surface area (Å²) in [6.45, 7) is 7.92. The van der Waals surface area contributed by atoms with E-state index in [1.165, 1.54) is 12.8 Å². The van der Waals surface area contributed by atoms with E-state index < -0.39 is 0 Å². The van der Waals surface area contributed by atoms with Gasteiger partial charge in [0.15, 0.2) is 0 Å². The smallest absolute Gasteiger partial charge is 0.254 e. The van der Waals surface area contributed by atoms with E-state index in [-0.39, 0.29) is 11.9 Å². The number of hydrogen-bond donors (Lipinski definition) is 1. The summed E-state index contributed by atoms with van der Waals surface area (Å²) in [5.41, 5.74) is 1.69. The largest absolute Gasteiger partial charge is 0.335 e. The van der Waals surface area contributed by atoms with E-state index in [2.05, 4.69) is 19.2 Å². The normalized spacial score (nSPS) is 18.8. The Hall–Kier alpha value is -1.06. The molecule has 0 saturated carbocycles. The molecule has 0 bridgehead atoms. The first-order chi connectivity index (χ1) is 9.99. The summed E-state index contributed by atoms with van der Waals surface area (Å²) in [5.74, 6) is 0.0809. The molecule has 0 aromatic heterocycles. The highest BCUT2D eigenvalue weighted by molar-refractivity contribution is 6.31. The van der Waals surface area contributed by atoms with Gasteiger partial charge in [0.05, 0.1) is 0 Å². The van der Waals surface area contributed by atoms with E-state index in [4.69, 9.17) is 11.6 Å². The summed E-state index contributed by atoms with van der Waals surface area (Å²) in [5, 5.41) is 4.13. The van der Waals surface area contributed by atoms with Crippen molar-refractivity contribution < 1.29 is 4.79 Å². The SMILES string of the molecule is Cc1ccc(Cl)cc1C(=O)N(CC1CCCCN1)C(C)C. The Balaban J connectivity index is 2.16. The molecule has 1 fully saturated rings. The van der Waals surface area contributed by atoms with Crippen molar-refractivity contribution in [2.45, 2.75) is 52.1 Å². The van der Waals surface area contributed by atoms with Crippen LogP contribution in [0.4, 0.5) is 0 Å². The number of amides is 1. The minimum atomic E-state index is 0.0809. The number of piperidine rings is 1. The van der Waals surface area contributed by atoms with Gasteiger partial charge in [0.2, 0.25) is 0 Å². The Bertz CT molecular complexity index is 496. The summed E-state index contributed by atoms with van der Waals surface area (Å²) in [7, 11) is 0. The third-order valence-electron chi connectivity index (χ3n) is 4.14. The summed E-state index contributed by atoms with van der Waals surface area (Å²) in [4.78, 5) is 14.8. The van der Waals surface area contributed by atoms with E-state index in [9.17, 15) is 4.79 Å². The minimum Gasteiger partial charge on any atom is -0.335 e. The molecular weight excluding hydrogens is 284 g/mol. The molecule has 1 heterocycles. The number of nitrogens with zero attached hydrogens (tertiary/aromatic N) is 1. The predicted octanol–water partition coefficient (Wildman–Crippen LogP) is 3.64. The summed E-state index contributed by atoms with van der Waals surface area (Å²) < 4.78 is 0. The van der Waals surface area contributed by atoms with Crippen molar-refractivity contribution in [2.75, 3.05) is 13.1 Å². The highest BCUT2D eigenvalue weighted by Crippen LogP contribution is 2.19. The van der Waals surface area contributed by atoms with Crippen LogP contribution in [0.3, 0.4) is 0 Å². The van der Waals surface area contributed by atoms with Crippen LogP contribution in [0.5, 0.6) is 0 Å². The van der Waals surface area contributed by atoms with Gasteiger partial charge in [0.25, 0.3) is 5.91 Å². The topological polar surface area (TPSA) is 32.3 Å². The monoisotopic (exact) mass is 308 g/mol. The first-order valence-electron chi connectivity index (χ1n) is 7.79. The fraction of sp³-hybridized carbons (Fsp3) is 0.588. The molecule has 1 aromatic rings. The fourth-order valence-corrected chi connectivity index (χ4v) is 3.00. The van der Waals surface area contributed by atoms with E-state index in [1.54, 1.807) is 6.07 Å². The molecule has 21 heavy (non-hydrogen) atoms. The van der Waals surface area contributed by atoms with Crippen molar-refractivity contribution in [1.29, 1.82) is 0 Å². The van der Waals surface area contributed by atoms with Gasteiger partial charge in [-0.1, -0.05) is 24.1 Å². The van der Waals surface area contributed by atoms with Crippen molar-refractivity contribution >= 4 is 17.5 Å². The van der Waals surface area contributed by atoms with E-state index in [1.807, 2.05) is 24.0 Å². The van der Waals surface area contributed by atoms with Crippen molar-refractivity contribution in [3.63, 3.8) is 0 Å². The van der Waals surface area contributed by atoms with Gasteiger partial charge in [-0.3, -0.25) is 4.79 Å². The van der Waals surface area contributed by atoms with Crippen molar-refractivity contribution in [3.8, 4) is 0 Å². The second kappa shape index (κ2) is 7.28. The molecule has 0 radical (unpaired) electrons. The highest BCUT2D eigenvalue weighted by atomic mass is 35.5. The molecule has 1 aromatic carbocycles. The zero-order valence-electron chi connectivity index (χ0n) is 13.2. The Labute approximate surface area is 132 Å². The molecule has 0 aliphatic carbocycles. The number of carbonyl (C=O) groups is 1. The van der Waals surface area contributed by atoms with Crippen LogP contribution in [0, 0.1) is 6.92 Å². The van der Waals surface area contributed by atoms with Gasteiger partial charge in [-0.15, -0.1) is 0 Å². The lowest BCUT2D eigenvalue weighted by Crippen LogP contribution is -2.48. The Morgan fingerprint density at radius 3 is 2.81 bits per heavy atom. The van der Waals surface area contributed by atoms with Gasteiger partial charge in [0, 0.05) is 29.2 Å². The van der Waals surface area contributed by atoms with Gasteiger partial charge in [0.1, 0.15) is 0 Å². The number of nitrogens with one attached hydrogen (secondary N) is 1. The molecule has 1 aliphatic rings. The molecule has 2 rings (SSSR count). The van der Waals surface area contributed by atoms with Crippen molar-refractivity contribution in [2.24, 2.45) is 0 Å². The lowest BCUT2D eigenvalue weighted by atomic mass is 10.0. The van der Waals surface area contributed by atoms with Crippen LogP contribution < -0.4 is 5.32 Å². The first kappa shape index (κ1) is 16.3. The van der Waals surface area contributed by atoms with Gasteiger partial charge in [-0.2, -0.15) is 0 Å². The Morgan fingerprint density at radius 1 is 1.43 bits per heavy atom. The molecule has 1 atom stereocenters. The Morgan fingerprint density at radius 2 is 2.19 bits per heavy atom. The van der Waals surface area contributed by atoms with Crippen LogP contribution in [0.25, 0.3) is 0 Å². The molecule has 1 N–H and O–H groups in total. The average molecular weight is 309 g/mol. The maximum Gasteiger partial charge on any atom is 0.254 e. The molecular formula is C17H25ClN2O. The minimum absolute atomic E-state index is 0.0809. The number of hydrogen-bond acceptors (Lipinski definition) is 2. The van der Waals surface area contributed by atoms with Crippen LogP contribution in [0.2, 0.25) is 5.02 Å². The van der Waals surface area contributed by atoms with Crippen LogP contribution >= 0.6 is 11.6 Å². The zero-order valence-corrected chi connectivity index (χ0v) is 13.9. The average Bonchev–Trinajstić information content (AvgIpc) is 2.47. The van der Waals surface area contributed by atoms with E-state index in [0.717, 1.165) is 25.1 Å². The molecule has 116 valence electrons. The predicted molar refractivity (Wildman–Crippen MR) is 88.0 cm³/mol. The molecule has 1 unspecified atom stereocenters. The zero-order chi connectivity index (χ0) is 15.4. The quantitative estimate of drug-likeness (QED) is 0.921. The molecule has 1 saturated heterocycles. The molecule has 1 aliphatic heterocycles. The number of aryl methyl sites for hydroxylation is 1. The third-order valence-corrected chi connectivity index (χ3v) is 4.38. The van der Waals surface area contributed by atoms with Crippen LogP contribution in [0.1, 0.15) is 49.0 Å². The third kappa shape index (κ3) is 4.21. The van der Waals surface area contributed by atoms with Crippen molar-refractivity contribution in [3.05, 3.63) is 34.3 Å². The van der Waals surface area contributed by atoms with E-state index >= 15 is 0 Å². The standard InChI is InChI=1S/C17H25ClN2O/c1-12(2)20(11-15-6-4-5-9-19-15)17(21)16-10-14(18)8-7-13(16)3/h7-8,10,12,15,19H,4-6,9,11H2,1-3H3. The molecule has 3 nitrogen and oxygen atoms in total. The summed E-state index contributed by atoms with van der Waals surface area (Å²) >= 11 is 6.05. The van der Waals surface area contributed by atoms with Crippen LogP contribution in [0.15, 0.2) is 18.2 Å². The molecule has 1 amide bonds. The van der Waals surface area contributed by atoms with Crippen molar-refractivity contribution in [1.82, 2.24) is 10.2 Å². The second-order valence-electron chi connectivity index (χ2n) is 6.16. The van der Waals surface area contributed by atoms with Gasteiger partial charge in [-0.05, 0) is 57.9 Å². The second-order valence-corrected chi connectivity index (χ2v) is 6.59. The number of rotatable bonds is 4. The number of carbonyl (C=O) groups excluding carboxylic acids is 1. The van der Waals surface area contributed by atoms with Gasteiger partial charge in [-0.25, -0.2) is 0 Å². The highest BCUT2D eigenvalue weighted by Gasteiger charge is 2.24. The lowest BCUT2D eigenvalue weighted by molar-refractivity contribution is 0.0676. The molecule has 0 spiro atoms. The number of benzene rings is 1. The Kier molecular flexibility index (Phi) is 5.65. The maximum absolute atomic E-state index is 12.9. The lowest BCUT2D eigenvalue weighted by Gasteiger charge is -2.33. The summed E-state index contributed by atoms with van der Waals surface area (Å²) in [6.07, 6.45) is 3.62. The molecule has 4 heteroatoms. The van der Waals surface area contributed by atoms with E-state index in [0.29, 0.717) is 16.6 Å². The van der Waals surface area contributed by atoms with Gasteiger partial charge < -0.3 is 10.2 Å². The van der Waals surface area contributed by atoms with Crippen LogP contribution in [-0.2, 0) is 0 Å².